The van der Waals surface area contributed by atoms with Gasteiger partial charge in [0.1, 0.15) is 63.2 Å². The standard InChI is InChI=1S/C21H30N4O4.C20H28N4O4.C19H26N4O4.2C18H24N4O4.2CH4/c1-23-11-5-8-17(12-23)14-28-22-20(26)19-10-9-18-13-24(19)21(27)25(18)29-15-16-6-3-2-4-7-16;1-22-11-5-8-17(22)14-27-21-19(25)18-10-9-16-12-23(18)20(26)24(16)28-13-15-6-3-2-4-7-15;1-21-9-15(10-21)12-26-20-18(24)17-8-7-16-11-22(17)19(25)23(16)27-13-14-5-3-2-4-6-14;23-17(20-26-15-8-9-19-10-15)16-7-6-14-11-21(16)18(24)22(14)25-12-13-4-2-1-3-5-13;23-17(20-25-12-14-8-9-19-14)16-7-6-15-10-21(16)18(24)22(15)26-11-13-4-2-1-3-5-13;;/h2-4,6-7,17-19H,5,8-15H2,1H3,(H,22,26);2-4,6-7,16-18H,5,8-14H2,1H3,(H,21,25);2-6,15-17H,7-13H2,1H3,(H,20,24);2*1-5,14-16,19H,6-12H2,(H,20,23);2*1H4/t17-,18-,19+;16-,17-,18+;16-,17+;14-,15+,16+;14-,15+,16-;;/m11110../s1. The molecule has 0 spiro atoms. The van der Waals surface area contributed by atoms with Crippen LogP contribution in [0.3, 0.4) is 0 Å². The smallest absolute Gasteiger partial charge is 0.314 e. The summed E-state index contributed by atoms with van der Waals surface area (Å²) in [4.78, 5) is 197. The summed E-state index contributed by atoms with van der Waals surface area (Å²) < 4.78 is 0. The molecule has 7 N–H and O–H groups in total. The molecule has 40 heteroatoms. The number of likely N-dealkylation sites (N-methyl/N-ethyl adjacent to an activating group) is 1. The fourth-order valence-corrected chi connectivity index (χ4v) is 20.1. The SMILES string of the molecule is C.C.CN1CC(CONC(=O)[C@@H]2CC[C@@H]3CN2C(=O)N3OCc2ccccc2)C1.CN1CCC[C@@H](CONC(=O)[C@@H]2CC[C@@H]3CN2C(=O)N3OCc2ccccc2)C1.CN1CCC[C@@H]1CONC(=O)[C@@H]1CC[C@@H]2CN1C(=O)N2OCc1ccccc1.O=C(NOC[C@@H]1CCN1)[C@@H]1CC[C@@H]2CN1C(=O)N2OCc1ccccc1.O=C(NO[C@H]1CCNC1)[C@@H]1CC[C@@H]2CN1C(=O)N2OCc1ccccc1. The lowest BCUT2D eigenvalue weighted by Crippen LogP contribution is -2.51. The summed E-state index contributed by atoms with van der Waals surface area (Å²) in [6.45, 7) is 13.9. The second-order valence-electron chi connectivity index (χ2n) is 37.7. The van der Waals surface area contributed by atoms with Crippen molar-refractivity contribution in [2.24, 2.45) is 11.8 Å². The summed E-state index contributed by atoms with van der Waals surface area (Å²) in [5, 5.41) is 13.6. The first-order valence-electron chi connectivity index (χ1n) is 48.3. The number of urea groups is 5. The fraction of sp³-hybridized carbons (Fsp3) is 0.592. The van der Waals surface area contributed by atoms with E-state index in [1.165, 1.54) is 25.3 Å². The number of rotatable bonds is 34. The molecule has 14 atom stereocenters. The second-order valence-corrected chi connectivity index (χ2v) is 37.7. The van der Waals surface area contributed by atoms with Crippen LogP contribution in [-0.4, -0.2) is 335 Å². The van der Waals surface area contributed by atoms with Gasteiger partial charge < -0.3 is 49.8 Å². The monoisotopic (exact) mass is 1920 g/mol. The van der Waals surface area contributed by atoms with E-state index in [-0.39, 0.29) is 111 Å². The van der Waals surface area contributed by atoms with Gasteiger partial charge in [-0.3, -0.25) is 72.3 Å². The van der Waals surface area contributed by atoms with Gasteiger partial charge in [-0.1, -0.05) is 167 Å². The van der Waals surface area contributed by atoms with E-state index in [2.05, 4.69) is 73.9 Å². The van der Waals surface area contributed by atoms with E-state index in [0.717, 1.165) is 151 Å². The lowest BCUT2D eigenvalue weighted by Gasteiger charge is -2.35. The van der Waals surface area contributed by atoms with Crippen molar-refractivity contribution in [2.75, 3.05) is 133 Å². The molecule has 752 valence electrons. The van der Waals surface area contributed by atoms with Gasteiger partial charge in [-0.2, -0.15) is 25.3 Å². The molecule has 15 heterocycles. The molecule has 0 radical (unpaired) electrons. The van der Waals surface area contributed by atoms with E-state index in [9.17, 15) is 47.9 Å². The molecule has 20 rings (SSSR count). The van der Waals surface area contributed by atoms with Gasteiger partial charge in [0.25, 0.3) is 29.5 Å². The van der Waals surface area contributed by atoms with Gasteiger partial charge in [-0.15, -0.1) is 0 Å². The van der Waals surface area contributed by atoms with Gasteiger partial charge in [0.2, 0.25) is 0 Å². The Hall–Kier alpha value is -10.8. The molecular weight excluding hydrogens is 1780 g/mol. The average molecular weight is 1920 g/mol. The number of nitrogens with zero attached hydrogens (tertiary/aromatic N) is 13. The van der Waals surface area contributed by atoms with Gasteiger partial charge in [-0.25, -0.2) is 51.4 Å². The molecule has 0 aliphatic carbocycles. The van der Waals surface area contributed by atoms with Gasteiger partial charge in [0, 0.05) is 76.9 Å². The molecule has 0 aromatic heterocycles. The van der Waals surface area contributed by atoms with Crippen LogP contribution in [-0.2, 0) is 105 Å². The number of piperidine rings is 6. The molecule has 15 fully saturated rings. The number of carbonyl (C=O) groups is 10. The minimum absolute atomic E-state index is 0. The lowest BCUT2D eigenvalue weighted by molar-refractivity contribution is -0.143. The summed E-state index contributed by atoms with van der Waals surface area (Å²) >= 11 is 0. The molecule has 0 unspecified atom stereocenters. The molecule has 40 nitrogen and oxygen atoms in total. The van der Waals surface area contributed by atoms with Crippen molar-refractivity contribution in [2.45, 2.75) is 229 Å². The third-order valence-corrected chi connectivity index (χ3v) is 27.9. The Balaban J connectivity index is 0.000000137. The highest BCUT2D eigenvalue weighted by atomic mass is 16.7. The number of carbonyl (C=O) groups excluding carboxylic acids is 10. The Morgan fingerprint density at radius 2 is 0.630 bits per heavy atom. The zero-order chi connectivity index (χ0) is 94.4. The van der Waals surface area contributed by atoms with Crippen molar-refractivity contribution in [3.63, 3.8) is 0 Å². The number of nitrogens with one attached hydrogen (secondary N) is 7. The highest BCUT2D eigenvalue weighted by Gasteiger charge is 2.54. The zero-order valence-electron chi connectivity index (χ0n) is 77.9. The summed E-state index contributed by atoms with van der Waals surface area (Å²) in [5.74, 6) is -0.376. The molecule has 15 saturated heterocycles. The number of likely N-dealkylation sites (tertiary alicyclic amines) is 3. The van der Waals surface area contributed by atoms with Crippen molar-refractivity contribution >= 4 is 59.7 Å². The van der Waals surface area contributed by atoms with Gasteiger partial charge in [0.05, 0.1) is 62.7 Å². The number of benzene rings is 5. The zero-order valence-corrected chi connectivity index (χ0v) is 77.9. The Bertz CT molecular complexity index is 4760. The highest BCUT2D eigenvalue weighted by molar-refractivity contribution is 5.91. The van der Waals surface area contributed by atoms with Crippen LogP contribution in [0.15, 0.2) is 152 Å². The van der Waals surface area contributed by atoms with Crippen molar-refractivity contribution in [3.8, 4) is 0 Å². The Morgan fingerprint density at radius 3 is 0.920 bits per heavy atom. The predicted octanol–water partition coefficient (Wildman–Crippen LogP) is 7.17. The first-order valence-corrected chi connectivity index (χ1v) is 48.3. The van der Waals surface area contributed by atoms with Crippen LogP contribution in [0.5, 0.6) is 0 Å². The van der Waals surface area contributed by atoms with E-state index >= 15 is 0 Å². The van der Waals surface area contributed by atoms with E-state index < -0.39 is 30.2 Å². The van der Waals surface area contributed by atoms with Crippen LogP contribution in [0.4, 0.5) is 24.0 Å². The van der Waals surface area contributed by atoms with Crippen molar-refractivity contribution in [1.82, 2.24) is 103 Å². The number of hydrogen-bond donors (Lipinski definition) is 7. The van der Waals surface area contributed by atoms with E-state index in [1.807, 2.05) is 152 Å². The maximum Gasteiger partial charge on any atom is 0.345 e. The first kappa shape index (κ1) is 103. The first-order chi connectivity index (χ1) is 66.3. The Kier molecular flexibility index (Phi) is 37.6. The Labute approximate surface area is 807 Å². The van der Waals surface area contributed by atoms with E-state index in [1.54, 1.807) is 24.5 Å². The highest BCUT2D eigenvalue weighted by Crippen LogP contribution is 2.37. The summed E-state index contributed by atoms with van der Waals surface area (Å²) in [6.07, 6.45) is 13.2. The number of hydrogen-bond acceptors (Lipinski definition) is 25. The maximum atomic E-state index is 12.8. The van der Waals surface area contributed by atoms with Gasteiger partial charge in [0.15, 0.2) is 0 Å². The van der Waals surface area contributed by atoms with Crippen LogP contribution >= 0.6 is 0 Å². The quantitative estimate of drug-likeness (QED) is 0.0201. The minimum Gasteiger partial charge on any atom is -0.314 e. The average Bonchev–Trinajstić information content (AvgIpc) is 1.65. The molecule has 0 saturated carbocycles. The maximum absolute atomic E-state index is 12.8. The molecule has 5 aromatic carbocycles. The van der Waals surface area contributed by atoms with Crippen LogP contribution in [0.1, 0.15) is 145 Å². The number of amides is 15. The van der Waals surface area contributed by atoms with E-state index in [0.29, 0.717) is 148 Å². The molecule has 15 aliphatic heterocycles. The lowest BCUT2D eigenvalue weighted by atomic mass is 10.00. The molecule has 138 heavy (non-hydrogen) atoms. The number of fused-ring (bicyclic) bond motifs is 10. The van der Waals surface area contributed by atoms with Crippen LogP contribution in [0.2, 0.25) is 0 Å². The predicted molar refractivity (Wildman–Crippen MR) is 504 cm³/mol. The Morgan fingerprint density at radius 1 is 0.326 bits per heavy atom. The fourth-order valence-electron chi connectivity index (χ4n) is 20.1. The third kappa shape index (κ3) is 26.7. The summed E-state index contributed by atoms with van der Waals surface area (Å²) in [7, 11) is 6.23. The van der Waals surface area contributed by atoms with Gasteiger partial charge >= 0.3 is 30.2 Å². The van der Waals surface area contributed by atoms with Crippen LogP contribution in [0, 0.1) is 11.8 Å². The van der Waals surface area contributed by atoms with Gasteiger partial charge in [-0.05, 0) is 184 Å². The number of hydroxylamine groups is 15. The molecule has 15 amide bonds. The largest absolute Gasteiger partial charge is 0.345 e. The third-order valence-electron chi connectivity index (χ3n) is 27.9. The topological polar surface area (TPSA) is 389 Å². The second kappa shape index (κ2) is 50.4. The van der Waals surface area contributed by atoms with Crippen LogP contribution < -0.4 is 38.0 Å². The normalized spacial score (nSPS) is 26.7. The van der Waals surface area contributed by atoms with E-state index in [4.69, 9.17) is 48.4 Å². The molecular formula is C98H140N20O20. The molecule has 10 bridgehead atoms. The van der Waals surface area contributed by atoms with Crippen molar-refractivity contribution in [3.05, 3.63) is 179 Å². The van der Waals surface area contributed by atoms with Crippen molar-refractivity contribution < 1.29 is 96.3 Å². The van der Waals surface area contributed by atoms with Crippen LogP contribution in [0.25, 0.3) is 0 Å². The summed E-state index contributed by atoms with van der Waals surface area (Å²) in [6, 6.07) is 45.6. The summed E-state index contributed by atoms with van der Waals surface area (Å²) in [5.41, 5.74) is 17.7. The molecule has 15 aliphatic rings. The van der Waals surface area contributed by atoms with Crippen molar-refractivity contribution in [1.29, 1.82) is 0 Å². The minimum atomic E-state index is -0.504. The molecule has 5 aromatic rings.